The van der Waals surface area contributed by atoms with Gasteiger partial charge >= 0.3 is 0 Å². The number of benzene rings is 2. The van der Waals surface area contributed by atoms with Gasteiger partial charge in [-0.2, -0.15) is 0 Å². The van der Waals surface area contributed by atoms with E-state index in [1.807, 2.05) is 61.5 Å². The summed E-state index contributed by atoms with van der Waals surface area (Å²) in [6.07, 6.45) is 1.91. The number of allylic oxidation sites excluding steroid dienone is 1. The van der Waals surface area contributed by atoms with Gasteiger partial charge in [0.25, 0.3) is 5.56 Å². The number of para-hydroxylation sites is 1. The average molecular weight is 469 g/mol. The van der Waals surface area contributed by atoms with Crippen molar-refractivity contribution in [3.8, 4) is 5.69 Å². The zero-order valence-corrected chi connectivity index (χ0v) is 16.6. The van der Waals surface area contributed by atoms with E-state index < -0.39 is 0 Å². The third-order valence-corrected chi connectivity index (χ3v) is 5.08. The molecule has 0 unspecified atom stereocenters. The first-order valence-electron chi connectivity index (χ1n) is 7.29. The van der Waals surface area contributed by atoms with Gasteiger partial charge in [-0.05, 0) is 59.8 Å². The summed E-state index contributed by atoms with van der Waals surface area (Å²) >= 11 is 9.60. The monoisotopic (exact) mass is 468 g/mol. The van der Waals surface area contributed by atoms with Gasteiger partial charge in [0, 0.05) is 14.4 Å². The fraction of sp³-hybridized carbons (Fsp3) is 0.111. The van der Waals surface area contributed by atoms with Crippen molar-refractivity contribution < 1.29 is 0 Å². The number of fused-ring (bicyclic) bond motifs is 1. The molecule has 2 aromatic carbocycles. The second kappa shape index (κ2) is 7.72. The summed E-state index contributed by atoms with van der Waals surface area (Å²) in [5.41, 5.74) is 1.46. The first-order chi connectivity index (χ1) is 11.6. The summed E-state index contributed by atoms with van der Waals surface area (Å²) in [7, 11) is 0. The van der Waals surface area contributed by atoms with Gasteiger partial charge in [0.2, 0.25) is 0 Å². The van der Waals surface area contributed by atoms with Crippen LogP contribution in [0, 0.1) is 3.57 Å². The lowest BCUT2D eigenvalue weighted by Crippen LogP contribution is -2.21. The van der Waals surface area contributed by atoms with Gasteiger partial charge in [-0.3, -0.25) is 9.36 Å². The molecule has 0 aliphatic carbocycles. The van der Waals surface area contributed by atoms with Gasteiger partial charge in [-0.1, -0.05) is 47.6 Å². The molecule has 0 bridgehead atoms. The molecule has 0 aliphatic heterocycles. The highest BCUT2D eigenvalue weighted by molar-refractivity contribution is 14.1. The normalized spacial score (nSPS) is 11.9. The molecule has 24 heavy (non-hydrogen) atoms. The van der Waals surface area contributed by atoms with Crippen molar-refractivity contribution in [2.75, 3.05) is 5.75 Å². The molecule has 3 aromatic rings. The number of aromatic nitrogens is 2. The lowest BCUT2D eigenvalue weighted by Gasteiger charge is -2.12. The van der Waals surface area contributed by atoms with Crippen LogP contribution in [0.3, 0.4) is 0 Å². The lowest BCUT2D eigenvalue weighted by atomic mass is 10.2. The standard InChI is InChI=1S/C18H14ClIN2OS/c1-12(19)9-10-24-18-21-16-8-7-13(20)11-15(16)17(23)22(18)14-5-3-2-4-6-14/h2-9,11H,10H2,1H3/b12-9+. The Balaban J connectivity index is 2.22. The Morgan fingerprint density at radius 1 is 1.29 bits per heavy atom. The zero-order valence-electron chi connectivity index (χ0n) is 12.9. The summed E-state index contributed by atoms with van der Waals surface area (Å²) in [5, 5.41) is 2.01. The van der Waals surface area contributed by atoms with Crippen LogP contribution in [0.15, 0.2) is 69.6 Å². The maximum absolute atomic E-state index is 13.1. The van der Waals surface area contributed by atoms with E-state index in [1.54, 1.807) is 4.57 Å². The Morgan fingerprint density at radius 3 is 2.75 bits per heavy atom. The Hall–Kier alpha value is -1.31. The van der Waals surface area contributed by atoms with Crippen molar-refractivity contribution in [3.05, 3.63) is 73.6 Å². The minimum atomic E-state index is -0.0567. The first kappa shape index (κ1) is 17.5. The number of thioether (sulfide) groups is 1. The fourth-order valence-corrected chi connectivity index (χ4v) is 3.89. The van der Waals surface area contributed by atoms with E-state index in [2.05, 4.69) is 22.6 Å². The average Bonchev–Trinajstić information content (AvgIpc) is 2.56. The van der Waals surface area contributed by atoms with Gasteiger partial charge in [-0.15, -0.1) is 0 Å². The highest BCUT2D eigenvalue weighted by atomic mass is 127. The Bertz CT molecular complexity index is 966. The molecular formula is C18H14ClIN2OS. The van der Waals surface area contributed by atoms with Gasteiger partial charge < -0.3 is 0 Å². The van der Waals surface area contributed by atoms with Crippen molar-refractivity contribution in [3.63, 3.8) is 0 Å². The van der Waals surface area contributed by atoms with Crippen LogP contribution in [0.25, 0.3) is 16.6 Å². The number of hydrogen-bond acceptors (Lipinski definition) is 3. The molecule has 0 amide bonds. The summed E-state index contributed by atoms with van der Waals surface area (Å²) in [4.78, 5) is 17.8. The molecule has 0 fully saturated rings. The topological polar surface area (TPSA) is 34.9 Å². The van der Waals surface area contributed by atoms with Crippen LogP contribution >= 0.6 is 46.0 Å². The smallest absolute Gasteiger partial charge is 0.266 e. The number of rotatable bonds is 4. The van der Waals surface area contributed by atoms with E-state index in [-0.39, 0.29) is 5.56 Å². The predicted molar refractivity (Wildman–Crippen MR) is 110 cm³/mol. The maximum atomic E-state index is 13.1. The van der Waals surface area contributed by atoms with Crippen molar-refractivity contribution in [1.82, 2.24) is 9.55 Å². The minimum Gasteiger partial charge on any atom is -0.268 e. The molecule has 3 rings (SSSR count). The summed E-state index contributed by atoms with van der Waals surface area (Å²) in [6.45, 7) is 1.84. The summed E-state index contributed by atoms with van der Waals surface area (Å²) in [5.74, 6) is 0.657. The second-order valence-electron chi connectivity index (χ2n) is 5.13. The SMILES string of the molecule is C/C(Cl)=C\CSc1nc2ccc(I)cc2c(=O)n1-c1ccccc1. The van der Waals surface area contributed by atoms with Crippen molar-refractivity contribution in [2.24, 2.45) is 0 Å². The van der Waals surface area contributed by atoms with E-state index in [0.29, 0.717) is 21.8 Å². The Morgan fingerprint density at radius 2 is 2.04 bits per heavy atom. The minimum absolute atomic E-state index is 0.0567. The molecule has 6 heteroatoms. The van der Waals surface area contributed by atoms with Crippen molar-refractivity contribution in [2.45, 2.75) is 12.1 Å². The molecule has 0 aliphatic rings. The van der Waals surface area contributed by atoms with Crippen molar-refractivity contribution in [1.29, 1.82) is 0 Å². The molecule has 1 heterocycles. The zero-order chi connectivity index (χ0) is 17.1. The predicted octanol–water partition coefficient (Wildman–Crippen LogP) is 5.23. The van der Waals surface area contributed by atoms with Crippen LogP contribution in [-0.4, -0.2) is 15.3 Å². The van der Waals surface area contributed by atoms with Crippen LogP contribution in [0.1, 0.15) is 6.92 Å². The van der Waals surface area contributed by atoms with Gasteiger partial charge in [0.15, 0.2) is 5.16 Å². The van der Waals surface area contributed by atoms with E-state index in [1.165, 1.54) is 11.8 Å². The van der Waals surface area contributed by atoms with Gasteiger partial charge in [-0.25, -0.2) is 4.98 Å². The molecule has 1 aromatic heterocycles. The highest BCUT2D eigenvalue weighted by Gasteiger charge is 2.13. The van der Waals surface area contributed by atoms with Gasteiger partial charge in [0.05, 0.1) is 16.6 Å². The van der Waals surface area contributed by atoms with Crippen LogP contribution in [-0.2, 0) is 0 Å². The second-order valence-corrected chi connectivity index (χ2v) is 7.96. The summed E-state index contributed by atoms with van der Waals surface area (Å²) < 4.78 is 2.68. The largest absolute Gasteiger partial charge is 0.268 e. The Labute approximate surface area is 162 Å². The molecule has 0 spiro atoms. The van der Waals surface area contributed by atoms with E-state index >= 15 is 0 Å². The van der Waals surface area contributed by atoms with Crippen molar-refractivity contribution >= 4 is 56.9 Å². The van der Waals surface area contributed by atoms with E-state index in [4.69, 9.17) is 16.6 Å². The van der Waals surface area contributed by atoms with E-state index in [9.17, 15) is 4.79 Å². The highest BCUT2D eigenvalue weighted by Crippen LogP contribution is 2.22. The molecule has 0 atom stereocenters. The quantitative estimate of drug-likeness (QED) is 0.299. The van der Waals surface area contributed by atoms with E-state index in [0.717, 1.165) is 14.3 Å². The molecule has 3 nitrogen and oxygen atoms in total. The number of hydrogen-bond donors (Lipinski definition) is 0. The van der Waals surface area contributed by atoms with Gasteiger partial charge in [0.1, 0.15) is 0 Å². The molecule has 0 radical (unpaired) electrons. The molecular weight excluding hydrogens is 455 g/mol. The third-order valence-electron chi connectivity index (χ3n) is 3.39. The van der Waals surface area contributed by atoms with Crippen LogP contribution in [0.5, 0.6) is 0 Å². The molecule has 122 valence electrons. The summed E-state index contributed by atoms with van der Waals surface area (Å²) in [6, 6.07) is 15.3. The Kier molecular flexibility index (Phi) is 5.63. The van der Waals surface area contributed by atoms with Crippen LogP contribution in [0.4, 0.5) is 0 Å². The molecule has 0 saturated heterocycles. The lowest BCUT2D eigenvalue weighted by molar-refractivity contribution is 0.820. The third kappa shape index (κ3) is 3.84. The first-order valence-corrected chi connectivity index (χ1v) is 9.73. The molecule has 0 N–H and O–H groups in total. The molecule has 0 saturated carbocycles. The van der Waals surface area contributed by atoms with Crippen LogP contribution < -0.4 is 5.56 Å². The number of halogens is 2. The van der Waals surface area contributed by atoms with Crippen LogP contribution in [0.2, 0.25) is 0 Å². The fourth-order valence-electron chi connectivity index (χ4n) is 2.27. The maximum Gasteiger partial charge on any atom is 0.266 e. The number of nitrogens with zero attached hydrogens (tertiary/aromatic N) is 2.